The molecule has 4 rings (SSSR count). The molecule has 0 spiro atoms. The van der Waals surface area contributed by atoms with Gasteiger partial charge < -0.3 is 14.8 Å². The maximum Gasteiger partial charge on any atom is 0.310 e. The first-order valence-electron chi connectivity index (χ1n) is 13.7. The zero-order valence-corrected chi connectivity index (χ0v) is 24.2. The molecule has 1 amide bonds. The van der Waals surface area contributed by atoms with E-state index in [0.29, 0.717) is 55.8 Å². The molecule has 218 valence electrons. The SMILES string of the molecule is CCOC(=O)Cc1ccc(NS(=O)(=O)N[C@H]2CC[C@](CNC(=O)c3ccccc3OC)(c3ccccc3)CC2)cc1. The minimum atomic E-state index is -3.83. The summed E-state index contributed by atoms with van der Waals surface area (Å²) in [7, 11) is -2.29. The number of benzene rings is 3. The number of ether oxygens (including phenoxy) is 2. The van der Waals surface area contributed by atoms with Crippen molar-refractivity contribution >= 4 is 27.8 Å². The van der Waals surface area contributed by atoms with Crippen LogP contribution in [0.3, 0.4) is 0 Å². The van der Waals surface area contributed by atoms with Crippen molar-refractivity contribution in [2.45, 2.75) is 50.5 Å². The van der Waals surface area contributed by atoms with E-state index in [1.807, 2.05) is 24.3 Å². The van der Waals surface area contributed by atoms with Crippen LogP contribution in [0.1, 0.15) is 54.1 Å². The summed E-state index contributed by atoms with van der Waals surface area (Å²) in [6.07, 6.45) is 2.74. The lowest BCUT2D eigenvalue weighted by molar-refractivity contribution is -0.142. The summed E-state index contributed by atoms with van der Waals surface area (Å²) in [6.45, 7) is 2.48. The van der Waals surface area contributed by atoms with Crippen LogP contribution in [-0.4, -0.2) is 46.6 Å². The molecule has 3 N–H and O–H groups in total. The highest BCUT2D eigenvalue weighted by molar-refractivity contribution is 7.90. The Morgan fingerprint density at radius 2 is 1.59 bits per heavy atom. The van der Waals surface area contributed by atoms with Gasteiger partial charge in [0.2, 0.25) is 0 Å². The van der Waals surface area contributed by atoms with Crippen LogP contribution in [0.2, 0.25) is 0 Å². The van der Waals surface area contributed by atoms with Crippen LogP contribution in [0.25, 0.3) is 0 Å². The van der Waals surface area contributed by atoms with Crippen LogP contribution in [0.15, 0.2) is 78.9 Å². The van der Waals surface area contributed by atoms with Gasteiger partial charge >= 0.3 is 5.97 Å². The largest absolute Gasteiger partial charge is 0.496 e. The van der Waals surface area contributed by atoms with Gasteiger partial charge in [-0.2, -0.15) is 13.1 Å². The van der Waals surface area contributed by atoms with Gasteiger partial charge in [0.05, 0.1) is 25.7 Å². The van der Waals surface area contributed by atoms with E-state index in [0.717, 1.165) is 11.1 Å². The van der Waals surface area contributed by atoms with Crippen molar-refractivity contribution in [1.29, 1.82) is 0 Å². The van der Waals surface area contributed by atoms with Crippen LogP contribution >= 0.6 is 0 Å². The van der Waals surface area contributed by atoms with Crippen LogP contribution in [0, 0.1) is 0 Å². The van der Waals surface area contributed by atoms with Gasteiger partial charge in [-0.3, -0.25) is 14.3 Å². The van der Waals surface area contributed by atoms with Crippen LogP contribution in [0.4, 0.5) is 5.69 Å². The topological polar surface area (TPSA) is 123 Å². The zero-order chi connectivity index (χ0) is 29.3. The average molecular weight is 580 g/mol. The highest BCUT2D eigenvalue weighted by atomic mass is 32.2. The Morgan fingerprint density at radius 3 is 2.24 bits per heavy atom. The van der Waals surface area contributed by atoms with Gasteiger partial charge in [0.25, 0.3) is 16.1 Å². The number of hydrogen-bond acceptors (Lipinski definition) is 6. The number of para-hydroxylation sites is 1. The molecule has 0 unspecified atom stereocenters. The molecule has 1 aliphatic carbocycles. The molecular formula is C31H37N3O6S. The van der Waals surface area contributed by atoms with Crippen LogP contribution in [0.5, 0.6) is 5.75 Å². The number of esters is 1. The average Bonchev–Trinajstić information content (AvgIpc) is 2.98. The number of carbonyl (C=O) groups is 2. The predicted molar refractivity (Wildman–Crippen MR) is 158 cm³/mol. The van der Waals surface area contributed by atoms with E-state index >= 15 is 0 Å². The van der Waals surface area contributed by atoms with E-state index in [9.17, 15) is 18.0 Å². The van der Waals surface area contributed by atoms with Gasteiger partial charge in [-0.15, -0.1) is 0 Å². The van der Waals surface area contributed by atoms with Crippen molar-refractivity contribution < 1.29 is 27.5 Å². The number of rotatable bonds is 12. The Hall–Kier alpha value is -3.89. The quantitative estimate of drug-likeness (QED) is 0.274. The number of hydrogen-bond donors (Lipinski definition) is 3. The van der Waals surface area contributed by atoms with E-state index in [1.54, 1.807) is 49.4 Å². The number of nitrogens with one attached hydrogen (secondary N) is 3. The van der Waals surface area contributed by atoms with Crippen molar-refractivity contribution in [2.75, 3.05) is 25.0 Å². The second kappa shape index (κ2) is 13.6. The fourth-order valence-corrected chi connectivity index (χ4v) is 6.48. The van der Waals surface area contributed by atoms with Crippen molar-refractivity contribution in [1.82, 2.24) is 10.0 Å². The second-order valence-corrected chi connectivity index (χ2v) is 11.7. The van der Waals surface area contributed by atoms with Crippen molar-refractivity contribution in [3.63, 3.8) is 0 Å². The summed E-state index contributed by atoms with van der Waals surface area (Å²) >= 11 is 0. The maximum atomic E-state index is 13.1. The minimum Gasteiger partial charge on any atom is -0.496 e. The van der Waals surface area contributed by atoms with Gasteiger partial charge in [0, 0.05) is 23.7 Å². The van der Waals surface area contributed by atoms with Gasteiger partial charge in [-0.25, -0.2) is 0 Å². The maximum absolute atomic E-state index is 13.1. The fourth-order valence-electron chi connectivity index (χ4n) is 5.30. The summed E-state index contributed by atoms with van der Waals surface area (Å²) in [4.78, 5) is 24.7. The smallest absolute Gasteiger partial charge is 0.310 e. The molecule has 41 heavy (non-hydrogen) atoms. The summed E-state index contributed by atoms with van der Waals surface area (Å²) < 4.78 is 41.5. The summed E-state index contributed by atoms with van der Waals surface area (Å²) in [5, 5.41) is 3.10. The molecule has 0 saturated heterocycles. The second-order valence-electron chi connectivity index (χ2n) is 10.2. The van der Waals surface area contributed by atoms with Crippen molar-refractivity contribution in [3.8, 4) is 5.75 Å². The third kappa shape index (κ3) is 8.08. The molecule has 0 atom stereocenters. The van der Waals surface area contributed by atoms with Crippen molar-refractivity contribution in [2.24, 2.45) is 0 Å². The standard InChI is InChI=1S/C31H37N3O6S/c1-3-40-29(35)21-23-13-15-25(16-14-23)33-41(37,38)34-26-17-19-31(20-18-26,24-9-5-4-6-10-24)22-32-30(36)27-11-7-8-12-28(27)39-2/h4-16,26,33-34H,3,17-22H2,1-2H3,(H,32,36)/t26-,31-. The van der Waals surface area contributed by atoms with E-state index in [4.69, 9.17) is 9.47 Å². The van der Waals surface area contributed by atoms with Crippen LogP contribution < -0.4 is 19.5 Å². The lowest BCUT2D eigenvalue weighted by Crippen LogP contribution is -2.48. The Morgan fingerprint density at radius 1 is 0.927 bits per heavy atom. The molecule has 0 aliphatic heterocycles. The molecular weight excluding hydrogens is 542 g/mol. The lowest BCUT2D eigenvalue weighted by atomic mass is 9.68. The molecule has 0 heterocycles. The molecule has 0 aromatic heterocycles. The Bertz CT molecular complexity index is 1420. The minimum absolute atomic E-state index is 0.129. The van der Waals surface area contributed by atoms with Crippen LogP contribution in [-0.2, 0) is 31.6 Å². The van der Waals surface area contributed by atoms with E-state index in [1.165, 1.54) is 7.11 Å². The summed E-state index contributed by atoms with van der Waals surface area (Å²) in [6, 6.07) is 23.5. The monoisotopic (exact) mass is 579 g/mol. The summed E-state index contributed by atoms with van der Waals surface area (Å²) in [5.74, 6) is -0.0261. The first-order chi connectivity index (χ1) is 19.7. The fraction of sp³-hybridized carbons (Fsp3) is 0.355. The molecule has 10 heteroatoms. The normalized spacial score (nSPS) is 18.7. The van der Waals surface area contributed by atoms with E-state index in [2.05, 4.69) is 26.9 Å². The van der Waals surface area contributed by atoms with Gasteiger partial charge in [-0.1, -0.05) is 54.6 Å². The molecule has 1 saturated carbocycles. The first kappa shape index (κ1) is 30.1. The first-order valence-corrected chi connectivity index (χ1v) is 15.2. The molecule has 1 aliphatic rings. The molecule has 3 aromatic carbocycles. The molecule has 9 nitrogen and oxygen atoms in total. The Kier molecular flexibility index (Phi) is 10.0. The third-order valence-corrected chi connectivity index (χ3v) is 8.60. The number of methoxy groups -OCH3 is 1. The third-order valence-electron chi connectivity index (χ3n) is 7.45. The number of anilines is 1. The van der Waals surface area contributed by atoms with Gasteiger partial charge in [0.15, 0.2) is 0 Å². The predicted octanol–water partition coefficient (Wildman–Crippen LogP) is 4.36. The number of carbonyl (C=O) groups excluding carboxylic acids is 2. The highest BCUT2D eigenvalue weighted by Gasteiger charge is 2.38. The number of amides is 1. The molecule has 0 radical (unpaired) electrons. The van der Waals surface area contributed by atoms with E-state index < -0.39 is 10.2 Å². The van der Waals surface area contributed by atoms with E-state index in [-0.39, 0.29) is 29.8 Å². The zero-order valence-electron chi connectivity index (χ0n) is 23.4. The highest BCUT2D eigenvalue weighted by Crippen LogP contribution is 2.39. The van der Waals surface area contributed by atoms with Gasteiger partial charge in [0.1, 0.15) is 5.75 Å². The molecule has 3 aromatic rings. The molecule has 1 fully saturated rings. The van der Waals surface area contributed by atoms with Gasteiger partial charge in [-0.05, 0) is 68.0 Å². The summed E-state index contributed by atoms with van der Waals surface area (Å²) in [5.41, 5.74) is 2.39. The Balaban J connectivity index is 1.38. The van der Waals surface area contributed by atoms with Crippen molar-refractivity contribution in [3.05, 3.63) is 95.6 Å². The molecule has 0 bridgehead atoms. The Labute approximate surface area is 241 Å². The lowest BCUT2D eigenvalue weighted by Gasteiger charge is -2.41.